The molecule has 1 unspecified atom stereocenters. The molecule has 0 spiro atoms. The molecule has 0 saturated carbocycles. The van der Waals surface area contributed by atoms with E-state index < -0.39 is 0 Å². The van der Waals surface area contributed by atoms with Crippen LogP contribution in [-0.2, 0) is 4.74 Å². The van der Waals surface area contributed by atoms with E-state index >= 15 is 0 Å². The summed E-state index contributed by atoms with van der Waals surface area (Å²) in [6.45, 7) is 6.42. The van der Waals surface area contributed by atoms with Crippen molar-refractivity contribution >= 4 is 15.9 Å². The van der Waals surface area contributed by atoms with Gasteiger partial charge in [-0.2, -0.15) is 0 Å². The highest BCUT2D eigenvalue weighted by Gasteiger charge is 2.17. The van der Waals surface area contributed by atoms with Crippen LogP contribution < -0.4 is 0 Å². The van der Waals surface area contributed by atoms with Gasteiger partial charge in [-0.15, -0.1) is 0 Å². The van der Waals surface area contributed by atoms with Crippen LogP contribution in [0.4, 0.5) is 0 Å². The number of halogens is 1. The minimum Gasteiger partial charge on any atom is -0.379 e. The van der Waals surface area contributed by atoms with Crippen molar-refractivity contribution in [3.8, 4) is 0 Å². The Balaban J connectivity index is 2.11. The molecule has 72 valence electrons. The van der Waals surface area contributed by atoms with Crippen LogP contribution in [0, 0.1) is 0 Å². The Hall–Kier alpha value is 0.400. The highest BCUT2D eigenvalue weighted by molar-refractivity contribution is 9.09. The van der Waals surface area contributed by atoms with Gasteiger partial charge in [0.1, 0.15) is 0 Å². The zero-order chi connectivity index (χ0) is 8.81. The Bertz CT molecular complexity index is 121. The summed E-state index contributed by atoms with van der Waals surface area (Å²) in [5, 5.41) is 1.13. The Morgan fingerprint density at radius 2 is 2.33 bits per heavy atom. The second-order valence-electron chi connectivity index (χ2n) is 3.36. The average Bonchev–Trinajstić information content (AvgIpc) is 2.09. The second kappa shape index (κ2) is 5.95. The normalized spacial score (nSPS) is 26.0. The molecule has 3 heteroatoms. The summed E-state index contributed by atoms with van der Waals surface area (Å²) >= 11 is 3.45. The predicted octanol–water partition coefficient (Wildman–Crippen LogP) is 1.88. The van der Waals surface area contributed by atoms with E-state index in [1.807, 2.05) is 0 Å². The molecular formula is C9H18BrNO. The Labute approximate surface area is 83.4 Å². The van der Waals surface area contributed by atoms with E-state index in [0.717, 1.165) is 25.1 Å². The number of rotatable bonds is 4. The van der Waals surface area contributed by atoms with Gasteiger partial charge in [0.15, 0.2) is 0 Å². The first-order valence-electron chi connectivity index (χ1n) is 4.72. The summed E-state index contributed by atoms with van der Waals surface area (Å²) in [6, 6.07) is 0.620. The quantitative estimate of drug-likeness (QED) is 0.546. The van der Waals surface area contributed by atoms with Crippen molar-refractivity contribution in [2.45, 2.75) is 25.8 Å². The molecule has 0 bridgehead atoms. The third-order valence-corrected chi connectivity index (χ3v) is 2.89. The van der Waals surface area contributed by atoms with Gasteiger partial charge >= 0.3 is 0 Å². The fourth-order valence-electron chi connectivity index (χ4n) is 1.50. The number of hydrogen-bond acceptors (Lipinski definition) is 2. The predicted molar refractivity (Wildman–Crippen MR) is 54.9 cm³/mol. The van der Waals surface area contributed by atoms with E-state index in [2.05, 4.69) is 27.8 Å². The molecule has 0 aliphatic carbocycles. The van der Waals surface area contributed by atoms with Crippen molar-refractivity contribution in [3.63, 3.8) is 0 Å². The monoisotopic (exact) mass is 235 g/mol. The third kappa shape index (κ3) is 3.42. The van der Waals surface area contributed by atoms with Crippen LogP contribution in [0.15, 0.2) is 0 Å². The summed E-state index contributed by atoms with van der Waals surface area (Å²) in [5.41, 5.74) is 0. The lowest BCUT2D eigenvalue weighted by molar-refractivity contribution is -0.000675. The van der Waals surface area contributed by atoms with Crippen molar-refractivity contribution in [2.75, 3.05) is 31.6 Å². The van der Waals surface area contributed by atoms with Gasteiger partial charge in [-0.3, -0.25) is 4.90 Å². The zero-order valence-electron chi connectivity index (χ0n) is 7.76. The highest BCUT2D eigenvalue weighted by atomic mass is 79.9. The van der Waals surface area contributed by atoms with Crippen molar-refractivity contribution in [3.05, 3.63) is 0 Å². The van der Waals surface area contributed by atoms with E-state index in [1.54, 1.807) is 0 Å². The number of morpholine rings is 1. The standard InChI is InChI=1S/C9H18BrNO/c1-9-8-12-7-6-11(9)5-3-2-4-10/h9H,2-8H2,1H3. The number of ether oxygens (including phenoxy) is 1. The van der Waals surface area contributed by atoms with E-state index in [0.29, 0.717) is 6.04 Å². The number of alkyl halides is 1. The van der Waals surface area contributed by atoms with E-state index in [-0.39, 0.29) is 0 Å². The zero-order valence-corrected chi connectivity index (χ0v) is 9.35. The van der Waals surface area contributed by atoms with Gasteiger partial charge in [-0.05, 0) is 26.3 Å². The van der Waals surface area contributed by atoms with Crippen LogP contribution in [0.1, 0.15) is 19.8 Å². The highest BCUT2D eigenvalue weighted by Crippen LogP contribution is 2.07. The first kappa shape index (κ1) is 10.5. The second-order valence-corrected chi connectivity index (χ2v) is 4.15. The van der Waals surface area contributed by atoms with Gasteiger partial charge in [0.25, 0.3) is 0 Å². The lowest BCUT2D eigenvalue weighted by Crippen LogP contribution is -2.43. The first-order valence-corrected chi connectivity index (χ1v) is 5.84. The molecule has 1 aliphatic rings. The molecule has 1 aliphatic heterocycles. The molecule has 0 aromatic heterocycles. The van der Waals surface area contributed by atoms with E-state index in [4.69, 9.17) is 4.74 Å². The molecule has 1 atom stereocenters. The van der Waals surface area contributed by atoms with Gasteiger partial charge in [0, 0.05) is 17.9 Å². The molecule has 2 nitrogen and oxygen atoms in total. The topological polar surface area (TPSA) is 12.5 Å². The molecule has 0 amide bonds. The van der Waals surface area contributed by atoms with Crippen LogP contribution in [0.2, 0.25) is 0 Å². The Morgan fingerprint density at radius 3 is 3.00 bits per heavy atom. The summed E-state index contributed by atoms with van der Waals surface area (Å²) in [4.78, 5) is 2.52. The van der Waals surface area contributed by atoms with Crippen molar-refractivity contribution in [1.82, 2.24) is 4.90 Å². The molecule has 0 radical (unpaired) electrons. The molecule has 1 saturated heterocycles. The van der Waals surface area contributed by atoms with Crippen molar-refractivity contribution < 1.29 is 4.74 Å². The van der Waals surface area contributed by atoms with Crippen LogP contribution in [-0.4, -0.2) is 42.6 Å². The molecule has 0 aromatic carbocycles. The van der Waals surface area contributed by atoms with Gasteiger partial charge < -0.3 is 4.74 Å². The maximum absolute atomic E-state index is 5.37. The van der Waals surface area contributed by atoms with Crippen molar-refractivity contribution in [2.24, 2.45) is 0 Å². The third-order valence-electron chi connectivity index (χ3n) is 2.33. The van der Waals surface area contributed by atoms with Gasteiger partial charge in [-0.1, -0.05) is 15.9 Å². The fraction of sp³-hybridized carbons (Fsp3) is 1.00. The fourth-order valence-corrected chi connectivity index (χ4v) is 1.90. The van der Waals surface area contributed by atoms with Gasteiger partial charge in [-0.25, -0.2) is 0 Å². The van der Waals surface area contributed by atoms with Crippen molar-refractivity contribution in [1.29, 1.82) is 0 Å². The van der Waals surface area contributed by atoms with Crippen LogP contribution in [0.3, 0.4) is 0 Å². The lowest BCUT2D eigenvalue weighted by Gasteiger charge is -2.33. The number of nitrogens with zero attached hydrogens (tertiary/aromatic N) is 1. The van der Waals surface area contributed by atoms with Crippen LogP contribution in [0.5, 0.6) is 0 Å². The number of unbranched alkanes of at least 4 members (excludes halogenated alkanes) is 1. The minimum absolute atomic E-state index is 0.620. The average molecular weight is 236 g/mol. The van der Waals surface area contributed by atoms with Crippen LogP contribution >= 0.6 is 15.9 Å². The summed E-state index contributed by atoms with van der Waals surface area (Å²) in [5.74, 6) is 0. The van der Waals surface area contributed by atoms with Gasteiger partial charge in [0.2, 0.25) is 0 Å². The van der Waals surface area contributed by atoms with Crippen LogP contribution in [0.25, 0.3) is 0 Å². The molecule has 1 rings (SSSR count). The lowest BCUT2D eigenvalue weighted by atomic mass is 10.2. The Morgan fingerprint density at radius 1 is 1.50 bits per heavy atom. The van der Waals surface area contributed by atoms with E-state index in [1.165, 1.54) is 19.4 Å². The summed E-state index contributed by atoms with van der Waals surface area (Å²) < 4.78 is 5.37. The summed E-state index contributed by atoms with van der Waals surface area (Å²) in [7, 11) is 0. The number of hydrogen-bond donors (Lipinski definition) is 0. The molecule has 1 heterocycles. The minimum atomic E-state index is 0.620. The molecule has 0 aromatic rings. The molecule has 1 fully saturated rings. The SMILES string of the molecule is CC1COCCN1CCCCBr. The van der Waals surface area contributed by atoms with Gasteiger partial charge in [0.05, 0.1) is 13.2 Å². The first-order chi connectivity index (χ1) is 5.84. The smallest absolute Gasteiger partial charge is 0.0619 e. The molecule has 0 N–H and O–H groups in total. The molecular weight excluding hydrogens is 218 g/mol. The maximum atomic E-state index is 5.37. The Kier molecular flexibility index (Phi) is 5.19. The van der Waals surface area contributed by atoms with E-state index in [9.17, 15) is 0 Å². The molecule has 12 heavy (non-hydrogen) atoms. The largest absolute Gasteiger partial charge is 0.379 e. The maximum Gasteiger partial charge on any atom is 0.0619 e. The summed E-state index contributed by atoms with van der Waals surface area (Å²) in [6.07, 6.45) is 2.58.